The monoisotopic (exact) mass is 396 g/mol. The largest absolute Gasteiger partial charge is 0.394 e. The smallest absolute Gasteiger partial charge is 0.315 e. The molecule has 28 heavy (non-hydrogen) atoms. The standard InChI is InChI=1S/C22H24N2O3S/c25-13-14-27-19(20-12-7-15-28-20)16-23-22(26)24-21(17-8-3-1-4-9-17)18-10-5-2-6-11-18/h1-12,15,19,21,25H,13-14,16H2,(H2,23,24,26)/t19-/m0/s1. The van der Waals surface area contributed by atoms with Gasteiger partial charge in [0, 0.05) is 4.88 Å². The summed E-state index contributed by atoms with van der Waals surface area (Å²) in [7, 11) is 0. The Kier molecular flexibility index (Phi) is 7.61. The molecule has 2 aromatic carbocycles. The zero-order chi connectivity index (χ0) is 19.6. The van der Waals surface area contributed by atoms with E-state index in [1.54, 1.807) is 11.3 Å². The third-order valence-corrected chi connectivity index (χ3v) is 5.22. The molecule has 3 N–H and O–H groups in total. The molecule has 0 spiro atoms. The first kappa shape index (κ1) is 20.1. The summed E-state index contributed by atoms with van der Waals surface area (Å²) >= 11 is 1.56. The molecule has 0 bridgehead atoms. The molecule has 0 saturated carbocycles. The van der Waals surface area contributed by atoms with Gasteiger partial charge in [0.2, 0.25) is 0 Å². The molecular formula is C22H24N2O3S. The number of hydrogen-bond acceptors (Lipinski definition) is 4. The average molecular weight is 397 g/mol. The Morgan fingerprint density at radius 2 is 1.61 bits per heavy atom. The summed E-state index contributed by atoms with van der Waals surface area (Å²) in [5.74, 6) is 0. The third-order valence-electron chi connectivity index (χ3n) is 4.26. The molecule has 1 aromatic heterocycles. The quantitative estimate of drug-likeness (QED) is 0.514. The van der Waals surface area contributed by atoms with Gasteiger partial charge in [-0.15, -0.1) is 11.3 Å². The summed E-state index contributed by atoms with van der Waals surface area (Å²) in [4.78, 5) is 13.6. The number of aliphatic hydroxyl groups is 1. The van der Waals surface area contributed by atoms with Crippen molar-refractivity contribution in [2.24, 2.45) is 0 Å². The number of thiophene rings is 1. The van der Waals surface area contributed by atoms with Crippen LogP contribution in [0.25, 0.3) is 0 Å². The highest BCUT2D eigenvalue weighted by molar-refractivity contribution is 7.10. The summed E-state index contributed by atoms with van der Waals surface area (Å²) in [6.45, 7) is 0.489. The summed E-state index contributed by atoms with van der Waals surface area (Å²) in [6.07, 6.45) is -0.287. The number of carbonyl (C=O) groups excluding carboxylic acids is 1. The van der Waals surface area contributed by atoms with Gasteiger partial charge >= 0.3 is 6.03 Å². The van der Waals surface area contributed by atoms with Gasteiger partial charge in [0.25, 0.3) is 0 Å². The van der Waals surface area contributed by atoms with Crippen molar-refractivity contribution in [3.05, 3.63) is 94.2 Å². The second-order valence-electron chi connectivity index (χ2n) is 6.21. The van der Waals surface area contributed by atoms with Crippen molar-refractivity contribution in [2.45, 2.75) is 12.1 Å². The van der Waals surface area contributed by atoms with Crippen LogP contribution in [0.1, 0.15) is 28.1 Å². The fourth-order valence-electron chi connectivity index (χ4n) is 2.93. The van der Waals surface area contributed by atoms with Crippen LogP contribution in [-0.4, -0.2) is 30.9 Å². The van der Waals surface area contributed by atoms with Gasteiger partial charge < -0.3 is 20.5 Å². The Bertz CT molecular complexity index is 786. The van der Waals surface area contributed by atoms with Gasteiger partial charge in [-0.1, -0.05) is 66.7 Å². The molecule has 3 aromatic rings. The number of nitrogens with one attached hydrogen (secondary N) is 2. The summed E-state index contributed by atoms with van der Waals surface area (Å²) in [5, 5.41) is 17.0. The molecule has 146 valence electrons. The normalized spacial score (nSPS) is 11.9. The van der Waals surface area contributed by atoms with Gasteiger partial charge in [0.05, 0.1) is 25.8 Å². The Labute approximate surface area is 169 Å². The lowest BCUT2D eigenvalue weighted by molar-refractivity contribution is 0.0313. The predicted octanol–water partition coefficient (Wildman–Crippen LogP) is 3.89. The van der Waals surface area contributed by atoms with E-state index in [9.17, 15) is 4.79 Å². The van der Waals surface area contributed by atoms with Gasteiger partial charge in [0.1, 0.15) is 6.10 Å². The number of urea groups is 1. The Morgan fingerprint density at radius 3 is 2.14 bits per heavy atom. The zero-order valence-electron chi connectivity index (χ0n) is 15.5. The first-order valence-electron chi connectivity index (χ1n) is 9.18. The molecule has 0 aliphatic carbocycles. The highest BCUT2D eigenvalue weighted by Gasteiger charge is 2.18. The number of ether oxygens (including phenoxy) is 1. The summed E-state index contributed by atoms with van der Waals surface area (Å²) in [5.41, 5.74) is 2.02. The molecule has 0 unspecified atom stereocenters. The van der Waals surface area contributed by atoms with Crippen molar-refractivity contribution in [1.82, 2.24) is 10.6 Å². The molecule has 0 aliphatic heterocycles. The van der Waals surface area contributed by atoms with E-state index >= 15 is 0 Å². The number of aliphatic hydroxyl groups excluding tert-OH is 1. The van der Waals surface area contributed by atoms with Crippen LogP contribution in [0.2, 0.25) is 0 Å². The van der Waals surface area contributed by atoms with Crippen LogP contribution in [-0.2, 0) is 4.74 Å². The first-order valence-corrected chi connectivity index (χ1v) is 10.1. The highest BCUT2D eigenvalue weighted by Crippen LogP contribution is 2.23. The van der Waals surface area contributed by atoms with Gasteiger partial charge in [0.15, 0.2) is 0 Å². The first-order chi connectivity index (χ1) is 13.8. The van der Waals surface area contributed by atoms with Crippen LogP contribution in [0.5, 0.6) is 0 Å². The molecule has 3 rings (SSSR count). The molecule has 1 heterocycles. The van der Waals surface area contributed by atoms with E-state index in [0.717, 1.165) is 16.0 Å². The maximum atomic E-state index is 12.6. The van der Waals surface area contributed by atoms with Gasteiger partial charge in [-0.2, -0.15) is 0 Å². The lowest BCUT2D eigenvalue weighted by Crippen LogP contribution is -2.40. The van der Waals surface area contributed by atoms with Gasteiger partial charge in [-0.3, -0.25) is 0 Å². The maximum absolute atomic E-state index is 12.6. The molecular weight excluding hydrogens is 372 g/mol. The highest BCUT2D eigenvalue weighted by atomic mass is 32.1. The molecule has 0 saturated heterocycles. The lowest BCUT2D eigenvalue weighted by Gasteiger charge is -2.22. The minimum atomic E-state index is -0.287. The molecule has 5 nitrogen and oxygen atoms in total. The van der Waals surface area contributed by atoms with Crippen molar-refractivity contribution in [2.75, 3.05) is 19.8 Å². The van der Waals surface area contributed by atoms with Crippen LogP contribution in [0.3, 0.4) is 0 Å². The van der Waals surface area contributed by atoms with E-state index in [1.165, 1.54) is 0 Å². The molecule has 6 heteroatoms. The van der Waals surface area contributed by atoms with E-state index in [-0.39, 0.29) is 31.4 Å². The van der Waals surface area contributed by atoms with E-state index in [4.69, 9.17) is 9.84 Å². The minimum absolute atomic E-state index is 0.0574. The zero-order valence-corrected chi connectivity index (χ0v) is 16.3. The fourth-order valence-corrected chi connectivity index (χ4v) is 3.70. The van der Waals surface area contributed by atoms with Crippen molar-refractivity contribution < 1.29 is 14.6 Å². The summed E-state index contributed by atoms with van der Waals surface area (Å²) in [6, 6.07) is 23.1. The molecule has 0 aliphatic rings. The summed E-state index contributed by atoms with van der Waals surface area (Å²) < 4.78 is 5.68. The number of amides is 2. The van der Waals surface area contributed by atoms with E-state index < -0.39 is 0 Å². The molecule has 0 fully saturated rings. The van der Waals surface area contributed by atoms with E-state index in [0.29, 0.717) is 6.54 Å². The number of benzene rings is 2. The Balaban J connectivity index is 1.66. The molecule has 1 atom stereocenters. The van der Waals surface area contributed by atoms with Crippen LogP contribution in [0.4, 0.5) is 4.79 Å². The number of rotatable bonds is 9. The van der Waals surface area contributed by atoms with E-state index in [1.807, 2.05) is 78.2 Å². The average Bonchev–Trinajstić information content (AvgIpc) is 3.28. The van der Waals surface area contributed by atoms with Crippen LogP contribution in [0.15, 0.2) is 78.2 Å². The van der Waals surface area contributed by atoms with Gasteiger partial charge in [-0.05, 0) is 22.6 Å². The second-order valence-corrected chi connectivity index (χ2v) is 7.19. The number of carbonyl (C=O) groups is 1. The molecule has 2 amide bonds. The Morgan fingerprint density at radius 1 is 0.964 bits per heavy atom. The van der Waals surface area contributed by atoms with Crippen molar-refractivity contribution in [3.63, 3.8) is 0 Å². The predicted molar refractivity (Wildman–Crippen MR) is 111 cm³/mol. The number of hydrogen-bond donors (Lipinski definition) is 3. The Hall–Kier alpha value is -2.67. The minimum Gasteiger partial charge on any atom is -0.394 e. The topological polar surface area (TPSA) is 70.6 Å². The van der Waals surface area contributed by atoms with Crippen molar-refractivity contribution in [1.29, 1.82) is 0 Å². The van der Waals surface area contributed by atoms with Crippen molar-refractivity contribution >= 4 is 17.4 Å². The van der Waals surface area contributed by atoms with Crippen LogP contribution < -0.4 is 10.6 Å². The second kappa shape index (κ2) is 10.6. The fraction of sp³-hybridized carbons (Fsp3) is 0.227. The third kappa shape index (κ3) is 5.66. The lowest BCUT2D eigenvalue weighted by atomic mass is 9.99. The maximum Gasteiger partial charge on any atom is 0.315 e. The van der Waals surface area contributed by atoms with Crippen LogP contribution >= 0.6 is 11.3 Å². The SMILES string of the molecule is O=C(NC[C@H](OCCO)c1cccs1)NC(c1ccccc1)c1ccccc1. The van der Waals surface area contributed by atoms with Crippen molar-refractivity contribution in [3.8, 4) is 0 Å². The van der Waals surface area contributed by atoms with Crippen LogP contribution in [0, 0.1) is 0 Å². The molecule has 0 radical (unpaired) electrons. The van der Waals surface area contributed by atoms with E-state index in [2.05, 4.69) is 10.6 Å². The van der Waals surface area contributed by atoms with Gasteiger partial charge in [-0.25, -0.2) is 4.79 Å².